The highest BCUT2D eigenvalue weighted by molar-refractivity contribution is 7.91. The lowest BCUT2D eigenvalue weighted by atomic mass is 9.83. The van der Waals surface area contributed by atoms with E-state index in [0.717, 1.165) is 26.1 Å². The van der Waals surface area contributed by atoms with Gasteiger partial charge in [0.1, 0.15) is 0 Å². The number of nitrogens with two attached hydrogens (primary N) is 1. The third-order valence-corrected chi connectivity index (χ3v) is 6.26. The molecule has 1 aliphatic carbocycles. The molecule has 3 N–H and O–H groups in total. The summed E-state index contributed by atoms with van der Waals surface area (Å²) in [5.41, 5.74) is 0. The summed E-state index contributed by atoms with van der Waals surface area (Å²) in [6.45, 7) is 5.60. The van der Waals surface area contributed by atoms with Gasteiger partial charge in [-0.2, -0.15) is 0 Å². The maximum Gasteiger partial charge on any atom is 0.242 e. The average molecular weight is 303 g/mol. The zero-order valence-corrected chi connectivity index (χ0v) is 12.9. The van der Waals surface area contributed by atoms with Gasteiger partial charge in [-0.3, -0.25) is 4.79 Å². The Bertz CT molecular complexity index is 459. The van der Waals surface area contributed by atoms with Crippen molar-refractivity contribution < 1.29 is 13.2 Å². The minimum Gasteiger partial charge on any atom is -0.353 e. The van der Waals surface area contributed by atoms with Crippen LogP contribution in [0.2, 0.25) is 0 Å². The summed E-state index contributed by atoms with van der Waals surface area (Å²) in [6.07, 6.45) is 3.89. The molecule has 1 saturated carbocycles. The Kier molecular flexibility index (Phi) is 4.71. The summed E-state index contributed by atoms with van der Waals surface area (Å²) >= 11 is 0. The third-order valence-electron chi connectivity index (χ3n) is 4.57. The van der Waals surface area contributed by atoms with Crippen molar-refractivity contribution in [2.45, 2.75) is 43.8 Å². The van der Waals surface area contributed by atoms with Gasteiger partial charge in [-0.05, 0) is 44.6 Å². The Labute approximate surface area is 121 Å². The summed E-state index contributed by atoms with van der Waals surface area (Å²) in [6, 6.07) is 0. The highest BCUT2D eigenvalue weighted by Gasteiger charge is 2.53. The number of carbonyl (C=O) groups is 1. The van der Waals surface area contributed by atoms with E-state index in [2.05, 4.69) is 17.1 Å². The molecule has 0 aromatic heterocycles. The number of sulfonamides is 1. The zero-order valence-electron chi connectivity index (χ0n) is 12.1. The SMILES string of the molecule is CC1CCCN(CCNC(=O)C2(S(N)(=O)=O)CCC2)C1. The van der Waals surface area contributed by atoms with Gasteiger partial charge in [0, 0.05) is 19.6 Å². The quantitative estimate of drug-likeness (QED) is 0.750. The van der Waals surface area contributed by atoms with Crippen LogP contribution in [0.4, 0.5) is 0 Å². The molecule has 0 radical (unpaired) electrons. The van der Waals surface area contributed by atoms with E-state index in [4.69, 9.17) is 5.14 Å². The average Bonchev–Trinajstić information content (AvgIpc) is 2.25. The number of primary sulfonamides is 1. The summed E-state index contributed by atoms with van der Waals surface area (Å²) in [7, 11) is -3.82. The zero-order chi connectivity index (χ0) is 14.8. The van der Waals surface area contributed by atoms with Crippen LogP contribution in [0.15, 0.2) is 0 Å². The van der Waals surface area contributed by atoms with E-state index in [1.165, 1.54) is 12.8 Å². The van der Waals surface area contributed by atoms with E-state index in [1.54, 1.807) is 0 Å². The van der Waals surface area contributed by atoms with Crippen LogP contribution in [0.3, 0.4) is 0 Å². The fourth-order valence-corrected chi connectivity index (χ4v) is 4.31. The van der Waals surface area contributed by atoms with Crippen LogP contribution in [-0.2, 0) is 14.8 Å². The topological polar surface area (TPSA) is 92.5 Å². The van der Waals surface area contributed by atoms with Gasteiger partial charge < -0.3 is 10.2 Å². The van der Waals surface area contributed by atoms with Crippen LogP contribution in [0.1, 0.15) is 39.0 Å². The molecule has 1 aliphatic heterocycles. The van der Waals surface area contributed by atoms with Gasteiger partial charge in [0.25, 0.3) is 0 Å². The van der Waals surface area contributed by atoms with Crippen LogP contribution < -0.4 is 10.5 Å². The molecule has 20 heavy (non-hydrogen) atoms. The Morgan fingerprint density at radius 1 is 1.40 bits per heavy atom. The van der Waals surface area contributed by atoms with Crippen molar-refractivity contribution in [2.24, 2.45) is 11.1 Å². The van der Waals surface area contributed by atoms with Gasteiger partial charge >= 0.3 is 0 Å². The molecule has 0 spiro atoms. The van der Waals surface area contributed by atoms with Gasteiger partial charge in [0.15, 0.2) is 4.75 Å². The summed E-state index contributed by atoms with van der Waals surface area (Å²) in [5, 5.41) is 7.96. The van der Waals surface area contributed by atoms with Crippen molar-refractivity contribution in [1.82, 2.24) is 10.2 Å². The molecule has 6 nitrogen and oxygen atoms in total. The van der Waals surface area contributed by atoms with Crippen molar-refractivity contribution >= 4 is 15.9 Å². The molecule has 1 saturated heterocycles. The first-order valence-corrected chi connectivity index (χ1v) is 8.93. The lowest BCUT2D eigenvalue weighted by Gasteiger charge is -2.38. The second-order valence-electron chi connectivity index (χ2n) is 6.20. The van der Waals surface area contributed by atoms with E-state index in [9.17, 15) is 13.2 Å². The molecule has 0 bridgehead atoms. The van der Waals surface area contributed by atoms with Gasteiger partial charge in [0.2, 0.25) is 15.9 Å². The number of nitrogens with one attached hydrogen (secondary N) is 1. The Hall–Kier alpha value is -0.660. The second-order valence-corrected chi connectivity index (χ2v) is 8.07. The van der Waals surface area contributed by atoms with Crippen LogP contribution in [0.5, 0.6) is 0 Å². The number of likely N-dealkylation sites (tertiary alicyclic amines) is 1. The highest BCUT2D eigenvalue weighted by Crippen LogP contribution is 2.38. The molecular formula is C13H25N3O3S. The maximum atomic E-state index is 12.1. The van der Waals surface area contributed by atoms with E-state index >= 15 is 0 Å². The van der Waals surface area contributed by atoms with E-state index < -0.39 is 20.7 Å². The maximum absolute atomic E-state index is 12.1. The summed E-state index contributed by atoms with van der Waals surface area (Å²) in [4.78, 5) is 14.4. The van der Waals surface area contributed by atoms with Gasteiger partial charge in [-0.15, -0.1) is 0 Å². The van der Waals surface area contributed by atoms with Crippen molar-refractivity contribution in [3.63, 3.8) is 0 Å². The number of carbonyl (C=O) groups excluding carboxylic acids is 1. The number of hydrogen-bond acceptors (Lipinski definition) is 4. The van der Waals surface area contributed by atoms with Gasteiger partial charge in [-0.1, -0.05) is 6.92 Å². The van der Waals surface area contributed by atoms with Crippen LogP contribution in [0, 0.1) is 5.92 Å². The monoisotopic (exact) mass is 303 g/mol. The molecule has 116 valence electrons. The third kappa shape index (κ3) is 3.15. The van der Waals surface area contributed by atoms with E-state index in [0.29, 0.717) is 25.3 Å². The molecule has 2 rings (SSSR count). The Morgan fingerprint density at radius 2 is 2.10 bits per heavy atom. The standard InChI is InChI=1S/C13H25N3O3S/c1-11-4-2-8-16(10-11)9-7-15-12(17)13(5-3-6-13)20(14,18)19/h11H,2-10H2,1H3,(H,15,17)(H2,14,18,19). The molecular weight excluding hydrogens is 278 g/mol. The fraction of sp³-hybridized carbons (Fsp3) is 0.923. The lowest BCUT2D eigenvalue weighted by molar-refractivity contribution is -0.125. The smallest absolute Gasteiger partial charge is 0.242 e. The minimum atomic E-state index is -3.82. The molecule has 1 unspecified atom stereocenters. The van der Waals surface area contributed by atoms with E-state index in [-0.39, 0.29) is 0 Å². The minimum absolute atomic E-state index is 0.346. The predicted molar refractivity (Wildman–Crippen MR) is 77.5 cm³/mol. The van der Waals surface area contributed by atoms with Crippen molar-refractivity contribution in [1.29, 1.82) is 0 Å². The Morgan fingerprint density at radius 3 is 2.60 bits per heavy atom. The summed E-state index contributed by atoms with van der Waals surface area (Å²) < 4.78 is 21.8. The van der Waals surface area contributed by atoms with Gasteiger partial charge in [-0.25, -0.2) is 13.6 Å². The molecule has 2 fully saturated rings. The molecule has 1 amide bonds. The predicted octanol–water partition coefficient (Wildman–Crippen LogP) is 0.0457. The van der Waals surface area contributed by atoms with Crippen molar-refractivity contribution in [3.05, 3.63) is 0 Å². The van der Waals surface area contributed by atoms with Crippen LogP contribution in [-0.4, -0.2) is 50.2 Å². The number of amides is 1. The summed E-state index contributed by atoms with van der Waals surface area (Å²) in [5.74, 6) is 0.276. The molecule has 1 atom stereocenters. The van der Waals surface area contributed by atoms with Gasteiger partial charge in [0.05, 0.1) is 0 Å². The number of piperidine rings is 1. The second kappa shape index (κ2) is 5.99. The lowest BCUT2D eigenvalue weighted by Crippen LogP contribution is -2.60. The molecule has 1 heterocycles. The van der Waals surface area contributed by atoms with E-state index in [1.807, 2.05) is 0 Å². The number of hydrogen-bond donors (Lipinski definition) is 2. The fourth-order valence-electron chi connectivity index (χ4n) is 3.12. The first kappa shape index (κ1) is 15.7. The van der Waals surface area contributed by atoms with Crippen LogP contribution >= 0.6 is 0 Å². The van der Waals surface area contributed by atoms with Crippen molar-refractivity contribution in [3.8, 4) is 0 Å². The molecule has 0 aromatic carbocycles. The number of rotatable bonds is 5. The molecule has 7 heteroatoms. The largest absolute Gasteiger partial charge is 0.353 e. The molecule has 2 aliphatic rings. The normalized spacial score (nSPS) is 26.8. The van der Waals surface area contributed by atoms with Crippen molar-refractivity contribution in [2.75, 3.05) is 26.2 Å². The van der Waals surface area contributed by atoms with Crippen LogP contribution in [0.25, 0.3) is 0 Å². The highest BCUT2D eigenvalue weighted by atomic mass is 32.2. The molecule has 0 aromatic rings. The first-order chi connectivity index (χ1) is 9.35. The number of nitrogens with zero attached hydrogens (tertiary/aromatic N) is 1. The Balaban J connectivity index is 1.80. The first-order valence-electron chi connectivity index (χ1n) is 7.38.